The molecule has 0 amide bonds. The summed E-state index contributed by atoms with van der Waals surface area (Å²) in [6, 6.07) is 1.61. The molecule has 0 unspecified atom stereocenters. The summed E-state index contributed by atoms with van der Waals surface area (Å²) in [7, 11) is 1.56. The van der Waals surface area contributed by atoms with Crippen molar-refractivity contribution in [3.63, 3.8) is 0 Å². The van der Waals surface area contributed by atoms with E-state index in [1.807, 2.05) is 13.8 Å². The van der Waals surface area contributed by atoms with Crippen molar-refractivity contribution in [3.05, 3.63) is 17.0 Å². The first kappa shape index (κ1) is 13.2. The average Bonchev–Trinajstić information content (AvgIpc) is 2.16. The fourth-order valence-electron chi connectivity index (χ4n) is 1.11. The van der Waals surface area contributed by atoms with Crippen LogP contribution in [0.4, 0.5) is 5.82 Å². The maximum atomic E-state index is 9.13. The van der Waals surface area contributed by atoms with Crippen LogP contribution in [0, 0.1) is 0 Å². The molecular formula is C10H16ClN3O2. The normalized spacial score (nSPS) is 11.6. The van der Waals surface area contributed by atoms with Crippen LogP contribution in [-0.2, 0) is 11.3 Å². The van der Waals surface area contributed by atoms with Crippen molar-refractivity contribution in [2.24, 2.45) is 0 Å². The van der Waals surface area contributed by atoms with E-state index in [0.29, 0.717) is 23.4 Å². The third-order valence-electron chi connectivity index (χ3n) is 1.88. The lowest BCUT2D eigenvalue weighted by molar-refractivity contribution is 0.178. The van der Waals surface area contributed by atoms with Gasteiger partial charge in [0.25, 0.3) is 0 Å². The molecule has 6 heteroatoms. The summed E-state index contributed by atoms with van der Waals surface area (Å²) in [5.74, 6) is 1.08. The molecule has 1 aromatic heterocycles. The van der Waals surface area contributed by atoms with Gasteiger partial charge in [-0.2, -0.15) is 0 Å². The fraction of sp³-hybridized carbons (Fsp3) is 0.600. The van der Waals surface area contributed by atoms with Crippen molar-refractivity contribution in [2.45, 2.75) is 26.0 Å². The quantitative estimate of drug-likeness (QED) is 0.769. The molecule has 0 aliphatic heterocycles. The van der Waals surface area contributed by atoms with Crippen LogP contribution < -0.4 is 5.32 Å². The SMILES string of the molecule is COCc1nc(Cl)cc(NC(C)(C)CO)n1. The largest absolute Gasteiger partial charge is 0.394 e. The summed E-state index contributed by atoms with van der Waals surface area (Å²) < 4.78 is 4.93. The highest BCUT2D eigenvalue weighted by atomic mass is 35.5. The van der Waals surface area contributed by atoms with Crippen LogP contribution in [0.5, 0.6) is 0 Å². The monoisotopic (exact) mass is 245 g/mol. The third kappa shape index (κ3) is 3.92. The lowest BCUT2D eigenvalue weighted by atomic mass is 10.1. The number of rotatable bonds is 5. The van der Waals surface area contributed by atoms with Gasteiger partial charge in [0.05, 0.1) is 12.1 Å². The van der Waals surface area contributed by atoms with Crippen molar-refractivity contribution >= 4 is 17.4 Å². The number of methoxy groups -OCH3 is 1. The van der Waals surface area contributed by atoms with Crippen LogP contribution in [0.3, 0.4) is 0 Å². The van der Waals surface area contributed by atoms with E-state index >= 15 is 0 Å². The molecule has 0 aromatic carbocycles. The topological polar surface area (TPSA) is 67.3 Å². The van der Waals surface area contributed by atoms with E-state index in [0.717, 1.165) is 0 Å². The number of aliphatic hydroxyl groups excluding tert-OH is 1. The van der Waals surface area contributed by atoms with Crippen LogP contribution in [0.2, 0.25) is 5.15 Å². The highest BCUT2D eigenvalue weighted by Crippen LogP contribution is 2.16. The molecule has 90 valence electrons. The molecule has 2 N–H and O–H groups in total. The smallest absolute Gasteiger partial charge is 0.158 e. The lowest BCUT2D eigenvalue weighted by Crippen LogP contribution is -2.35. The Morgan fingerprint density at radius 1 is 1.50 bits per heavy atom. The minimum Gasteiger partial charge on any atom is -0.394 e. The Labute approximate surface area is 99.8 Å². The first-order valence-electron chi connectivity index (χ1n) is 4.88. The molecule has 1 heterocycles. The molecule has 0 bridgehead atoms. The molecule has 0 fully saturated rings. The van der Waals surface area contributed by atoms with Crippen LogP contribution in [0.15, 0.2) is 6.07 Å². The summed E-state index contributed by atoms with van der Waals surface area (Å²) in [4.78, 5) is 8.22. The lowest BCUT2D eigenvalue weighted by Gasteiger charge is -2.24. The number of hydrogen-bond donors (Lipinski definition) is 2. The third-order valence-corrected chi connectivity index (χ3v) is 2.07. The second kappa shape index (κ2) is 5.43. The molecule has 0 radical (unpaired) electrons. The minimum absolute atomic E-state index is 0.00572. The second-order valence-corrected chi connectivity index (χ2v) is 4.48. The van der Waals surface area contributed by atoms with Crippen LogP contribution in [0.25, 0.3) is 0 Å². The number of halogens is 1. The number of anilines is 1. The van der Waals surface area contributed by atoms with Gasteiger partial charge in [0, 0.05) is 13.2 Å². The van der Waals surface area contributed by atoms with Crippen molar-refractivity contribution in [1.29, 1.82) is 0 Å². The molecule has 16 heavy (non-hydrogen) atoms. The zero-order valence-electron chi connectivity index (χ0n) is 9.62. The predicted octanol–water partition coefficient (Wildman–Crippen LogP) is 1.46. The summed E-state index contributed by atoms with van der Waals surface area (Å²) in [5, 5.41) is 12.5. The Morgan fingerprint density at radius 2 is 2.19 bits per heavy atom. The molecule has 5 nitrogen and oxygen atoms in total. The summed E-state index contributed by atoms with van der Waals surface area (Å²) in [5.41, 5.74) is -0.456. The molecule has 0 saturated heterocycles. The molecule has 0 saturated carbocycles. The van der Waals surface area contributed by atoms with Crippen molar-refractivity contribution in [3.8, 4) is 0 Å². The van der Waals surface area contributed by atoms with E-state index in [4.69, 9.17) is 21.4 Å². The molecule has 0 aliphatic carbocycles. The molecule has 0 atom stereocenters. The van der Waals surface area contributed by atoms with Gasteiger partial charge in [0.15, 0.2) is 5.82 Å². The minimum atomic E-state index is -0.456. The van der Waals surface area contributed by atoms with Gasteiger partial charge >= 0.3 is 0 Å². The highest BCUT2D eigenvalue weighted by molar-refractivity contribution is 6.29. The summed E-state index contributed by atoms with van der Waals surface area (Å²) in [6.07, 6.45) is 0. The van der Waals surface area contributed by atoms with E-state index in [1.54, 1.807) is 13.2 Å². The van der Waals surface area contributed by atoms with Gasteiger partial charge in [-0.05, 0) is 13.8 Å². The summed E-state index contributed by atoms with van der Waals surface area (Å²) in [6.45, 7) is 4.01. The maximum Gasteiger partial charge on any atom is 0.158 e. The summed E-state index contributed by atoms with van der Waals surface area (Å²) >= 11 is 5.85. The number of nitrogens with one attached hydrogen (secondary N) is 1. The van der Waals surface area contributed by atoms with E-state index in [1.165, 1.54) is 0 Å². The number of ether oxygens (including phenoxy) is 1. The van der Waals surface area contributed by atoms with Crippen LogP contribution in [-0.4, -0.2) is 34.3 Å². The average molecular weight is 246 g/mol. The Bertz CT molecular complexity index is 358. The number of nitrogens with zero attached hydrogens (tertiary/aromatic N) is 2. The molecular weight excluding hydrogens is 230 g/mol. The maximum absolute atomic E-state index is 9.13. The second-order valence-electron chi connectivity index (χ2n) is 4.09. The van der Waals surface area contributed by atoms with Gasteiger partial charge in [-0.1, -0.05) is 11.6 Å². The van der Waals surface area contributed by atoms with E-state index in [9.17, 15) is 0 Å². The van der Waals surface area contributed by atoms with Crippen molar-refractivity contribution in [1.82, 2.24) is 9.97 Å². The zero-order chi connectivity index (χ0) is 12.2. The van der Waals surface area contributed by atoms with E-state index in [-0.39, 0.29) is 6.61 Å². The zero-order valence-corrected chi connectivity index (χ0v) is 10.4. The first-order valence-corrected chi connectivity index (χ1v) is 5.26. The Morgan fingerprint density at radius 3 is 2.75 bits per heavy atom. The van der Waals surface area contributed by atoms with E-state index < -0.39 is 5.54 Å². The van der Waals surface area contributed by atoms with Gasteiger partial charge < -0.3 is 15.2 Å². The Kier molecular flexibility index (Phi) is 4.46. The van der Waals surface area contributed by atoms with Gasteiger partial charge in [-0.15, -0.1) is 0 Å². The van der Waals surface area contributed by atoms with Gasteiger partial charge in [-0.3, -0.25) is 0 Å². The Hall–Kier alpha value is -0.910. The molecule has 1 aromatic rings. The highest BCUT2D eigenvalue weighted by Gasteiger charge is 2.17. The van der Waals surface area contributed by atoms with Crippen LogP contribution >= 0.6 is 11.6 Å². The number of aliphatic hydroxyl groups is 1. The standard InChI is InChI=1S/C10H16ClN3O2/c1-10(2,6-15)14-8-4-7(11)12-9(13-8)5-16-3/h4,15H,5-6H2,1-3H3,(H,12,13,14). The fourth-order valence-corrected chi connectivity index (χ4v) is 1.31. The predicted molar refractivity (Wildman–Crippen MR) is 62.5 cm³/mol. The molecule has 0 spiro atoms. The first-order chi connectivity index (χ1) is 7.46. The number of hydrogen-bond acceptors (Lipinski definition) is 5. The molecule has 0 aliphatic rings. The van der Waals surface area contributed by atoms with Crippen molar-refractivity contribution < 1.29 is 9.84 Å². The van der Waals surface area contributed by atoms with E-state index in [2.05, 4.69) is 15.3 Å². The van der Waals surface area contributed by atoms with Gasteiger partial charge in [0.2, 0.25) is 0 Å². The van der Waals surface area contributed by atoms with Crippen molar-refractivity contribution in [2.75, 3.05) is 19.0 Å². The Balaban J connectivity index is 2.87. The van der Waals surface area contributed by atoms with Gasteiger partial charge in [0.1, 0.15) is 17.6 Å². The van der Waals surface area contributed by atoms with Gasteiger partial charge in [-0.25, -0.2) is 9.97 Å². The van der Waals surface area contributed by atoms with Crippen LogP contribution in [0.1, 0.15) is 19.7 Å². The number of aromatic nitrogens is 2. The molecule has 1 rings (SSSR count).